The van der Waals surface area contributed by atoms with Gasteiger partial charge in [0.1, 0.15) is 25.1 Å². The van der Waals surface area contributed by atoms with Crippen molar-refractivity contribution in [1.29, 1.82) is 0 Å². The molecule has 40 heavy (non-hydrogen) atoms. The van der Waals surface area contributed by atoms with Crippen LogP contribution in [0.5, 0.6) is 0 Å². The van der Waals surface area contributed by atoms with Gasteiger partial charge in [0.25, 0.3) is 10.2 Å². The third-order valence-corrected chi connectivity index (χ3v) is 10.9. The Kier molecular flexibility index (Phi) is 5.97. The van der Waals surface area contributed by atoms with E-state index in [1.54, 1.807) is 19.9 Å². The van der Waals surface area contributed by atoms with Gasteiger partial charge >= 0.3 is 0 Å². The second-order valence-corrected chi connectivity index (χ2v) is 13.1. The van der Waals surface area contributed by atoms with Gasteiger partial charge < -0.3 is 34.2 Å². The van der Waals surface area contributed by atoms with Crippen LogP contribution < -0.4 is 0 Å². The summed E-state index contributed by atoms with van der Waals surface area (Å²) >= 11 is 0. The molecule has 0 bridgehead atoms. The molecule has 0 amide bonds. The minimum absolute atomic E-state index is 0.0396. The van der Waals surface area contributed by atoms with E-state index in [9.17, 15) is 30.2 Å². The number of nitrogens with zero attached hydrogens (tertiary/aromatic N) is 3. The van der Waals surface area contributed by atoms with Crippen LogP contribution in [0.3, 0.4) is 0 Å². The molecule has 220 valence electrons. The molecular weight excluding hydrogens is 530 g/mol. The van der Waals surface area contributed by atoms with Crippen LogP contribution in [0.2, 0.25) is 0 Å². The number of ketones is 1. The van der Waals surface area contributed by atoms with E-state index in [-0.39, 0.29) is 43.4 Å². The summed E-state index contributed by atoms with van der Waals surface area (Å²) in [7, 11) is 0. The van der Waals surface area contributed by atoms with E-state index in [0.29, 0.717) is 24.3 Å². The van der Waals surface area contributed by atoms with Crippen LogP contribution in [-0.4, -0.2) is 70.1 Å². The zero-order valence-corrected chi connectivity index (χ0v) is 22.9. The summed E-state index contributed by atoms with van der Waals surface area (Å²) in [6.45, 7) is 6.31. The largest absolute Gasteiger partial charge is 0.783 e. The Morgan fingerprint density at radius 3 is 2.55 bits per heavy atom. The number of allylic oxidation sites excluding steroid dienone is 4. The first-order valence-electron chi connectivity index (χ1n) is 13.6. The molecule has 2 aliphatic heterocycles. The fourth-order valence-corrected chi connectivity index (χ4v) is 9.44. The molecule has 0 aromatic rings. The van der Waals surface area contributed by atoms with Gasteiger partial charge in [-0.25, -0.2) is 0 Å². The van der Waals surface area contributed by atoms with Crippen LogP contribution >= 0.6 is 0 Å². The lowest BCUT2D eigenvalue weighted by Gasteiger charge is -2.64. The molecule has 6 aliphatic rings. The molecule has 2 saturated heterocycles. The van der Waals surface area contributed by atoms with E-state index < -0.39 is 56.7 Å². The van der Waals surface area contributed by atoms with E-state index in [0.717, 1.165) is 5.57 Å². The van der Waals surface area contributed by atoms with E-state index in [1.807, 2.05) is 19.9 Å². The molecule has 0 radical (unpaired) electrons. The van der Waals surface area contributed by atoms with Crippen LogP contribution in [0.4, 0.5) is 0 Å². The maximum Gasteiger partial charge on any atom is 0.294 e. The number of carbonyl (C=O) groups is 1. The van der Waals surface area contributed by atoms with Gasteiger partial charge in [0, 0.05) is 22.3 Å². The highest BCUT2D eigenvalue weighted by Crippen LogP contribution is 2.72. The molecule has 6 rings (SSSR count). The summed E-state index contributed by atoms with van der Waals surface area (Å²) in [4.78, 5) is 45.8. The van der Waals surface area contributed by atoms with Gasteiger partial charge in [0.05, 0.1) is 12.7 Å². The lowest BCUT2D eigenvalue weighted by Crippen LogP contribution is -2.75. The molecule has 14 nitrogen and oxygen atoms in total. The van der Waals surface area contributed by atoms with Crippen LogP contribution in [-0.2, 0) is 28.7 Å². The molecule has 4 aliphatic carbocycles. The van der Waals surface area contributed by atoms with Crippen molar-refractivity contribution < 1.29 is 38.9 Å². The van der Waals surface area contributed by atoms with E-state index >= 15 is 0 Å². The SMILES string of the molecule is CC1(C)COC(CO[N+](=O)[O-])([C@@]23OCO[C@@H]2CC2C4CCC5=CC(=O)C=C[C@]5(C)C4[C@@H](O[N+](=O)[O-])C[C@@]23C)N1[O-]. The number of rotatable bonds is 6. The predicted molar refractivity (Wildman–Crippen MR) is 134 cm³/mol. The van der Waals surface area contributed by atoms with Gasteiger partial charge in [-0.1, -0.05) is 25.5 Å². The van der Waals surface area contributed by atoms with Crippen molar-refractivity contribution >= 4 is 5.78 Å². The van der Waals surface area contributed by atoms with E-state index in [2.05, 4.69) is 0 Å². The third kappa shape index (κ3) is 3.36. The monoisotopic (exact) mass is 564 g/mol. The fourth-order valence-electron chi connectivity index (χ4n) is 9.44. The maximum atomic E-state index is 14.1. The van der Waals surface area contributed by atoms with Crippen molar-refractivity contribution in [3.63, 3.8) is 0 Å². The molecule has 4 unspecified atom stereocenters. The number of ether oxygens (including phenoxy) is 3. The van der Waals surface area contributed by atoms with Gasteiger partial charge in [-0.15, -0.1) is 20.2 Å². The van der Waals surface area contributed by atoms with Gasteiger partial charge in [-0.3, -0.25) is 4.79 Å². The second kappa shape index (κ2) is 8.68. The zero-order valence-electron chi connectivity index (χ0n) is 22.9. The summed E-state index contributed by atoms with van der Waals surface area (Å²) in [5.74, 6) is -0.737. The van der Waals surface area contributed by atoms with Gasteiger partial charge in [-0.05, 0) is 63.5 Å². The highest BCUT2D eigenvalue weighted by atomic mass is 17.0. The molecule has 5 fully saturated rings. The highest BCUT2D eigenvalue weighted by Gasteiger charge is 2.81. The predicted octanol–water partition coefficient (Wildman–Crippen LogP) is 2.72. The first kappa shape index (κ1) is 27.5. The Morgan fingerprint density at radius 2 is 1.90 bits per heavy atom. The molecule has 9 atom stereocenters. The van der Waals surface area contributed by atoms with Crippen molar-refractivity contribution in [2.45, 2.75) is 82.5 Å². The third-order valence-electron chi connectivity index (χ3n) is 10.9. The second-order valence-electron chi connectivity index (χ2n) is 13.1. The Bertz CT molecular complexity index is 1210. The van der Waals surface area contributed by atoms with Crippen molar-refractivity contribution in [3.05, 3.63) is 49.2 Å². The quantitative estimate of drug-likeness (QED) is 0.341. The molecule has 0 spiro atoms. The molecule has 0 aromatic carbocycles. The van der Waals surface area contributed by atoms with Crippen molar-refractivity contribution in [2.24, 2.45) is 28.6 Å². The first-order valence-corrected chi connectivity index (χ1v) is 13.6. The fraction of sp³-hybridized carbons (Fsp3) is 0.808. The Hall–Kier alpha value is -2.65. The minimum Gasteiger partial charge on any atom is -0.783 e. The number of hydrogen-bond acceptors (Lipinski definition) is 12. The number of fused-ring (bicyclic) bond motifs is 7. The molecular formula is C26H34N3O11-. The average Bonchev–Trinajstić information content (AvgIpc) is 3.48. The summed E-state index contributed by atoms with van der Waals surface area (Å²) < 4.78 is 18.8. The summed E-state index contributed by atoms with van der Waals surface area (Å²) in [6, 6.07) is 0. The Morgan fingerprint density at radius 1 is 1.15 bits per heavy atom. The van der Waals surface area contributed by atoms with Gasteiger partial charge in [-0.2, -0.15) is 0 Å². The molecule has 0 N–H and O–H groups in total. The lowest BCUT2D eigenvalue weighted by atomic mass is 9.45. The van der Waals surface area contributed by atoms with E-state index in [1.165, 1.54) is 6.08 Å². The molecule has 3 saturated carbocycles. The number of carbonyl (C=O) groups excluding carboxylic acids is 1. The normalized spacial score (nSPS) is 47.1. The van der Waals surface area contributed by atoms with Gasteiger partial charge in [0.15, 0.2) is 11.5 Å². The van der Waals surface area contributed by atoms with Crippen LogP contribution in [0.1, 0.15) is 53.4 Å². The smallest absolute Gasteiger partial charge is 0.294 e. The minimum atomic E-state index is -1.96. The summed E-state index contributed by atoms with van der Waals surface area (Å²) in [5, 5.41) is 36.3. The maximum absolute atomic E-state index is 14.1. The number of hydrogen-bond donors (Lipinski definition) is 0. The van der Waals surface area contributed by atoms with Crippen molar-refractivity contribution in [1.82, 2.24) is 5.06 Å². The van der Waals surface area contributed by atoms with Crippen LogP contribution in [0, 0.1) is 54.0 Å². The summed E-state index contributed by atoms with van der Waals surface area (Å²) in [6.07, 6.45) is 5.18. The van der Waals surface area contributed by atoms with Crippen molar-refractivity contribution in [2.75, 3.05) is 20.0 Å². The first-order chi connectivity index (χ1) is 18.7. The molecule has 14 heteroatoms. The average molecular weight is 565 g/mol. The van der Waals surface area contributed by atoms with Crippen molar-refractivity contribution in [3.8, 4) is 0 Å². The molecule has 2 heterocycles. The van der Waals surface area contributed by atoms with Gasteiger partial charge in [0.2, 0.25) is 0 Å². The van der Waals surface area contributed by atoms with Crippen LogP contribution in [0.15, 0.2) is 23.8 Å². The van der Waals surface area contributed by atoms with Crippen LogP contribution in [0.25, 0.3) is 0 Å². The Labute approximate surface area is 230 Å². The highest BCUT2D eigenvalue weighted by molar-refractivity contribution is 6.01. The number of hydroxylamine groups is 2. The summed E-state index contributed by atoms with van der Waals surface area (Å²) in [5.41, 5.74) is -5.29. The topological polar surface area (TPSA) is 176 Å². The Balaban J connectivity index is 1.50. The standard InChI is InChI=1S/C26H34N3O11/c1-22(2)12-37-25(27(22)31,13-39-28(32)33)26-20(36-14-38-26)10-18-17-6-5-15-9-16(30)7-8-23(15,3)21(17)19(40-29(34)35)11-24(18,26)4/h7-9,17-21H,5-6,10-14H2,1-4H3/q-1/t17?,18?,19-,20+,21?,23-,24-,25?,26+/m0/s1. The lowest BCUT2D eigenvalue weighted by molar-refractivity contribution is -0.773. The van der Waals surface area contributed by atoms with E-state index in [4.69, 9.17) is 23.9 Å². The zero-order chi connectivity index (χ0) is 28.9. The molecule has 0 aromatic heterocycles.